The second-order valence-electron chi connectivity index (χ2n) is 7.57. The van der Waals surface area contributed by atoms with Crippen LogP contribution in [-0.2, 0) is 23.6 Å². The maximum absolute atomic E-state index is 12.5. The van der Waals surface area contributed by atoms with Crippen LogP contribution in [0.4, 0.5) is 0 Å². The molecule has 0 amide bonds. The molecule has 4 heterocycles. The maximum Gasteiger partial charge on any atom is 0.355 e. The smallest absolute Gasteiger partial charge is 0.355 e. The van der Waals surface area contributed by atoms with Gasteiger partial charge in [0, 0.05) is 51.8 Å². The number of carbonyl (C=O) groups excluding carboxylic acids is 2. The Bertz CT molecular complexity index is 853. The van der Waals surface area contributed by atoms with Gasteiger partial charge < -0.3 is 18.6 Å². The topological polar surface area (TPSA) is 65.7 Å². The number of carbonyl (C=O) groups is 2. The highest BCUT2D eigenvalue weighted by Gasteiger charge is 2.48. The molecular weight excluding hydrogens is 346 g/mol. The van der Waals surface area contributed by atoms with Crippen molar-refractivity contribution in [1.29, 1.82) is 0 Å². The van der Waals surface area contributed by atoms with E-state index in [2.05, 4.69) is 11.9 Å². The lowest BCUT2D eigenvalue weighted by atomic mass is 10.00. The molecule has 4 atom stereocenters. The van der Waals surface area contributed by atoms with E-state index in [-0.39, 0.29) is 36.2 Å². The van der Waals surface area contributed by atoms with Gasteiger partial charge in [-0.15, -0.1) is 0 Å². The van der Waals surface area contributed by atoms with Gasteiger partial charge in [-0.25, -0.2) is 9.59 Å². The van der Waals surface area contributed by atoms with Crippen molar-refractivity contribution in [3.8, 4) is 0 Å². The third-order valence-corrected chi connectivity index (χ3v) is 5.91. The molecule has 2 saturated heterocycles. The summed E-state index contributed by atoms with van der Waals surface area (Å²) in [6, 6.07) is 7.50. The van der Waals surface area contributed by atoms with Crippen molar-refractivity contribution in [2.24, 2.45) is 14.1 Å². The van der Waals surface area contributed by atoms with E-state index in [9.17, 15) is 9.59 Å². The minimum atomic E-state index is -0.300. The normalized spacial score (nSPS) is 27.5. The number of hydrogen-bond acceptors (Lipinski definition) is 5. The first-order valence-corrected chi connectivity index (χ1v) is 9.30. The van der Waals surface area contributed by atoms with E-state index in [1.54, 1.807) is 21.3 Å². The predicted molar refractivity (Wildman–Crippen MR) is 98.4 cm³/mol. The van der Waals surface area contributed by atoms with Crippen LogP contribution in [0.3, 0.4) is 0 Å². The summed E-state index contributed by atoms with van der Waals surface area (Å²) >= 11 is 0. The lowest BCUT2D eigenvalue weighted by molar-refractivity contribution is -0.0159. The summed E-state index contributed by atoms with van der Waals surface area (Å²) in [6.07, 6.45) is 5.53. The van der Waals surface area contributed by atoms with Crippen LogP contribution in [0.2, 0.25) is 0 Å². The van der Waals surface area contributed by atoms with Crippen LogP contribution < -0.4 is 0 Å². The Morgan fingerprint density at radius 2 is 1.48 bits per heavy atom. The minimum Gasteiger partial charge on any atom is -0.458 e. The Morgan fingerprint density at radius 1 is 0.889 bits per heavy atom. The number of ether oxygens (including phenoxy) is 2. The van der Waals surface area contributed by atoms with Gasteiger partial charge >= 0.3 is 11.9 Å². The highest BCUT2D eigenvalue weighted by molar-refractivity contribution is 5.88. The number of piperidine rings is 1. The fourth-order valence-corrected chi connectivity index (χ4v) is 4.35. The number of esters is 2. The van der Waals surface area contributed by atoms with Gasteiger partial charge in [0.2, 0.25) is 0 Å². The van der Waals surface area contributed by atoms with Gasteiger partial charge in [0.1, 0.15) is 23.6 Å². The van der Waals surface area contributed by atoms with Crippen LogP contribution in [0.15, 0.2) is 36.7 Å². The molecule has 0 saturated carbocycles. The standard InChI is InChI=1S/C20H25N3O4/c1-21-8-4-6-15(21)19(24)26-14-10-13-11-18(17(12-14)23(13)3)27-20(25)16-7-5-9-22(16)2/h4-9,13-14,17-18H,10-12H2,1-3H3. The fraction of sp³-hybridized carbons (Fsp3) is 0.500. The monoisotopic (exact) mass is 371 g/mol. The first kappa shape index (κ1) is 17.9. The van der Waals surface area contributed by atoms with E-state index < -0.39 is 0 Å². The number of aryl methyl sites for hydroxylation is 2. The molecule has 2 fully saturated rings. The summed E-state index contributed by atoms with van der Waals surface area (Å²) in [6.45, 7) is 0. The van der Waals surface area contributed by atoms with Crippen LogP contribution in [0, 0.1) is 0 Å². The first-order chi connectivity index (χ1) is 12.9. The van der Waals surface area contributed by atoms with Crippen molar-refractivity contribution in [2.45, 2.75) is 43.6 Å². The van der Waals surface area contributed by atoms with Crippen molar-refractivity contribution in [3.05, 3.63) is 48.0 Å². The second-order valence-corrected chi connectivity index (χ2v) is 7.57. The Balaban J connectivity index is 1.41. The molecule has 0 N–H and O–H groups in total. The van der Waals surface area contributed by atoms with E-state index in [4.69, 9.17) is 9.47 Å². The van der Waals surface area contributed by atoms with E-state index in [0.717, 1.165) is 12.8 Å². The van der Waals surface area contributed by atoms with E-state index in [1.165, 1.54) is 0 Å². The van der Waals surface area contributed by atoms with Gasteiger partial charge in [-0.1, -0.05) is 0 Å². The number of fused-ring (bicyclic) bond motifs is 2. The van der Waals surface area contributed by atoms with Gasteiger partial charge in [-0.05, 0) is 31.3 Å². The number of rotatable bonds is 4. The molecule has 27 heavy (non-hydrogen) atoms. The van der Waals surface area contributed by atoms with Crippen molar-refractivity contribution in [3.63, 3.8) is 0 Å². The van der Waals surface area contributed by atoms with Crippen LogP contribution in [0.25, 0.3) is 0 Å². The molecule has 7 heteroatoms. The van der Waals surface area contributed by atoms with E-state index in [0.29, 0.717) is 17.8 Å². The fourth-order valence-electron chi connectivity index (χ4n) is 4.35. The maximum atomic E-state index is 12.5. The highest BCUT2D eigenvalue weighted by atomic mass is 16.6. The molecule has 4 rings (SSSR count). The molecule has 2 aliphatic heterocycles. The summed E-state index contributed by atoms with van der Waals surface area (Å²) in [4.78, 5) is 27.2. The lowest BCUT2D eigenvalue weighted by Gasteiger charge is -2.36. The molecular formula is C20H25N3O4. The quantitative estimate of drug-likeness (QED) is 0.769. The zero-order chi connectivity index (χ0) is 19.1. The summed E-state index contributed by atoms with van der Waals surface area (Å²) in [5, 5.41) is 0. The zero-order valence-corrected chi connectivity index (χ0v) is 15.9. The lowest BCUT2D eigenvalue weighted by Crippen LogP contribution is -2.46. The average molecular weight is 371 g/mol. The summed E-state index contributed by atoms with van der Waals surface area (Å²) in [5.74, 6) is -0.598. The number of nitrogens with zero attached hydrogens (tertiary/aromatic N) is 3. The number of hydrogen-bond donors (Lipinski definition) is 0. The second kappa shape index (κ2) is 6.88. The molecule has 2 bridgehead atoms. The van der Waals surface area contributed by atoms with Crippen LogP contribution in [0.5, 0.6) is 0 Å². The largest absolute Gasteiger partial charge is 0.458 e. The van der Waals surface area contributed by atoms with Gasteiger partial charge in [0.25, 0.3) is 0 Å². The molecule has 2 aromatic rings. The van der Waals surface area contributed by atoms with Gasteiger partial charge in [0.15, 0.2) is 0 Å². The minimum absolute atomic E-state index is 0.0687. The Kier molecular flexibility index (Phi) is 4.55. The van der Waals surface area contributed by atoms with Crippen LogP contribution in [0.1, 0.15) is 40.2 Å². The Labute approximate surface area is 158 Å². The molecule has 0 spiro atoms. The van der Waals surface area contributed by atoms with Crippen LogP contribution >= 0.6 is 0 Å². The first-order valence-electron chi connectivity index (χ1n) is 9.30. The van der Waals surface area contributed by atoms with Crippen molar-refractivity contribution < 1.29 is 19.1 Å². The van der Waals surface area contributed by atoms with Crippen molar-refractivity contribution in [2.75, 3.05) is 7.05 Å². The molecule has 2 aromatic heterocycles. The molecule has 144 valence electrons. The zero-order valence-electron chi connectivity index (χ0n) is 15.9. The predicted octanol–water partition coefficient (Wildman–Crippen LogP) is 1.98. The number of aromatic nitrogens is 2. The third-order valence-electron chi connectivity index (χ3n) is 5.91. The molecule has 0 aliphatic carbocycles. The molecule has 0 aromatic carbocycles. The average Bonchev–Trinajstić information content (AvgIpc) is 3.27. The summed E-state index contributed by atoms with van der Waals surface area (Å²) < 4.78 is 15.1. The molecule has 7 nitrogen and oxygen atoms in total. The van der Waals surface area contributed by atoms with Gasteiger partial charge in [-0.3, -0.25) is 4.90 Å². The Morgan fingerprint density at radius 3 is 2.04 bits per heavy atom. The summed E-state index contributed by atoms with van der Waals surface area (Å²) in [7, 11) is 5.71. The van der Waals surface area contributed by atoms with Gasteiger partial charge in [0.05, 0.1) is 6.04 Å². The highest BCUT2D eigenvalue weighted by Crippen LogP contribution is 2.38. The SMILES string of the molecule is CN1C2CC(OC(=O)c3cccn3C)CC1C(OC(=O)c1cccn1C)C2. The third kappa shape index (κ3) is 3.27. The molecule has 4 unspecified atom stereocenters. The number of likely N-dealkylation sites (N-methyl/N-ethyl adjacent to an activating group) is 1. The van der Waals surface area contributed by atoms with Crippen molar-refractivity contribution in [1.82, 2.24) is 14.0 Å². The van der Waals surface area contributed by atoms with Crippen molar-refractivity contribution >= 4 is 11.9 Å². The molecule has 2 aliphatic rings. The molecule has 0 radical (unpaired) electrons. The van der Waals surface area contributed by atoms with Gasteiger partial charge in [-0.2, -0.15) is 0 Å². The Hall–Kier alpha value is -2.54. The van der Waals surface area contributed by atoms with E-state index >= 15 is 0 Å². The van der Waals surface area contributed by atoms with Crippen LogP contribution in [-0.4, -0.2) is 57.3 Å². The summed E-state index contributed by atoms with van der Waals surface area (Å²) in [5.41, 5.74) is 1.10. The van der Waals surface area contributed by atoms with E-state index in [1.807, 2.05) is 38.6 Å².